The van der Waals surface area contributed by atoms with Crippen molar-refractivity contribution in [1.29, 1.82) is 0 Å². The van der Waals surface area contributed by atoms with Crippen molar-refractivity contribution in [2.75, 3.05) is 0 Å². The Labute approximate surface area is 56.5 Å². The Balaban J connectivity index is 3.07. The first-order valence-electron chi connectivity index (χ1n) is 3.21. The van der Waals surface area contributed by atoms with E-state index in [0.717, 1.165) is 6.42 Å². The van der Waals surface area contributed by atoms with Crippen molar-refractivity contribution >= 4 is 11.8 Å². The molecule has 50 valence electrons. The molecule has 0 radical (unpaired) electrons. The lowest BCUT2D eigenvalue weighted by molar-refractivity contribution is 0.550. The summed E-state index contributed by atoms with van der Waals surface area (Å²) >= 11 is 5.40. The third-order valence-electron chi connectivity index (χ3n) is 1.28. The quantitative estimate of drug-likeness (QED) is 0.584. The van der Waals surface area contributed by atoms with Crippen molar-refractivity contribution in [1.82, 2.24) is 4.84 Å². The molecular weight excluding hydrogens is 122 g/mol. The maximum Gasteiger partial charge on any atom is 0.0218 e. The highest BCUT2D eigenvalue weighted by molar-refractivity contribution is 6.13. The van der Waals surface area contributed by atoms with E-state index in [9.17, 15) is 0 Å². The number of nitrogens with one attached hydrogen (secondary N) is 1. The monoisotopic (exact) mass is 135 g/mol. The molecule has 0 fully saturated rings. The molecule has 0 saturated heterocycles. The van der Waals surface area contributed by atoms with Gasteiger partial charge in [-0.05, 0) is 24.6 Å². The second-order valence-corrected chi connectivity index (χ2v) is 2.22. The number of hydrogen-bond donors (Lipinski definition) is 1. The smallest absolute Gasteiger partial charge is 0.0218 e. The second-order valence-electron chi connectivity index (χ2n) is 2.00. The van der Waals surface area contributed by atoms with Crippen LogP contribution in [0.1, 0.15) is 33.1 Å². The van der Waals surface area contributed by atoms with Crippen LogP contribution in [0.25, 0.3) is 0 Å². The van der Waals surface area contributed by atoms with E-state index in [1.54, 1.807) is 0 Å². The Morgan fingerprint density at radius 1 is 1.50 bits per heavy atom. The topological polar surface area (TPSA) is 12.0 Å². The second kappa shape index (κ2) is 5.39. The lowest BCUT2D eigenvalue weighted by Gasteiger charge is -2.08. The minimum absolute atomic E-state index is 0.515. The van der Waals surface area contributed by atoms with Gasteiger partial charge in [0.1, 0.15) is 0 Å². The minimum Gasteiger partial charge on any atom is -0.230 e. The molecule has 1 unspecified atom stereocenters. The summed E-state index contributed by atoms with van der Waals surface area (Å²) in [6.07, 6.45) is 3.51. The van der Waals surface area contributed by atoms with Gasteiger partial charge in [0.2, 0.25) is 0 Å². The standard InChI is InChI=1S/C6H14ClN/c1-3-5-6(4-2)8-7/h6,8H,3-5H2,1-2H3. The normalized spacial score (nSPS) is 13.9. The predicted molar refractivity (Wildman–Crippen MR) is 38.0 cm³/mol. The van der Waals surface area contributed by atoms with E-state index in [1.165, 1.54) is 12.8 Å². The van der Waals surface area contributed by atoms with E-state index >= 15 is 0 Å². The van der Waals surface area contributed by atoms with E-state index in [4.69, 9.17) is 11.8 Å². The van der Waals surface area contributed by atoms with Crippen LogP contribution in [0.4, 0.5) is 0 Å². The van der Waals surface area contributed by atoms with Gasteiger partial charge in [-0.2, -0.15) is 0 Å². The zero-order chi connectivity index (χ0) is 6.41. The molecule has 0 aromatic rings. The Kier molecular flexibility index (Phi) is 5.56. The third-order valence-corrected chi connectivity index (χ3v) is 1.59. The highest BCUT2D eigenvalue weighted by Gasteiger charge is 1.99. The summed E-state index contributed by atoms with van der Waals surface area (Å²) in [7, 11) is 0. The Morgan fingerprint density at radius 3 is 2.25 bits per heavy atom. The van der Waals surface area contributed by atoms with Gasteiger partial charge in [0, 0.05) is 6.04 Å². The first-order chi connectivity index (χ1) is 3.85. The number of rotatable bonds is 4. The van der Waals surface area contributed by atoms with Crippen molar-refractivity contribution in [2.45, 2.75) is 39.2 Å². The van der Waals surface area contributed by atoms with Crippen LogP contribution in [0, 0.1) is 0 Å². The maximum atomic E-state index is 5.40. The van der Waals surface area contributed by atoms with Gasteiger partial charge in [0.25, 0.3) is 0 Å². The lowest BCUT2D eigenvalue weighted by atomic mass is 10.1. The van der Waals surface area contributed by atoms with E-state index < -0.39 is 0 Å². The zero-order valence-electron chi connectivity index (χ0n) is 5.58. The van der Waals surface area contributed by atoms with Crippen LogP contribution in [-0.4, -0.2) is 6.04 Å². The van der Waals surface area contributed by atoms with Gasteiger partial charge < -0.3 is 0 Å². The third kappa shape index (κ3) is 3.28. The summed E-state index contributed by atoms with van der Waals surface area (Å²) < 4.78 is 0. The first kappa shape index (κ1) is 8.25. The summed E-state index contributed by atoms with van der Waals surface area (Å²) in [6.45, 7) is 4.30. The van der Waals surface area contributed by atoms with Crippen molar-refractivity contribution in [2.24, 2.45) is 0 Å². The molecule has 0 spiro atoms. The van der Waals surface area contributed by atoms with E-state index in [1.807, 2.05) is 0 Å². The molecule has 0 aliphatic carbocycles. The minimum atomic E-state index is 0.515. The molecule has 0 heterocycles. The van der Waals surface area contributed by atoms with Crippen molar-refractivity contribution in [3.05, 3.63) is 0 Å². The fourth-order valence-electron chi connectivity index (χ4n) is 0.684. The van der Waals surface area contributed by atoms with Gasteiger partial charge in [-0.15, -0.1) is 0 Å². The summed E-state index contributed by atoms with van der Waals surface area (Å²) in [6, 6.07) is 0.515. The van der Waals surface area contributed by atoms with Gasteiger partial charge in [-0.3, -0.25) is 0 Å². The molecule has 0 saturated carbocycles. The molecule has 1 nitrogen and oxygen atoms in total. The molecule has 0 aliphatic heterocycles. The Morgan fingerprint density at radius 2 is 2.12 bits per heavy atom. The van der Waals surface area contributed by atoms with Crippen LogP contribution in [0.5, 0.6) is 0 Å². The molecular formula is C6H14ClN. The highest BCUT2D eigenvalue weighted by Crippen LogP contribution is 2.00. The maximum absolute atomic E-state index is 5.40. The first-order valence-corrected chi connectivity index (χ1v) is 3.59. The van der Waals surface area contributed by atoms with Crippen molar-refractivity contribution < 1.29 is 0 Å². The number of halogens is 1. The summed E-state index contributed by atoms with van der Waals surface area (Å²) in [5.74, 6) is 0. The molecule has 0 amide bonds. The fraction of sp³-hybridized carbons (Fsp3) is 1.00. The summed E-state index contributed by atoms with van der Waals surface area (Å²) in [5, 5.41) is 0. The van der Waals surface area contributed by atoms with Gasteiger partial charge in [-0.25, -0.2) is 4.84 Å². The van der Waals surface area contributed by atoms with Gasteiger partial charge in [0.15, 0.2) is 0 Å². The Hall–Kier alpha value is 0.250. The van der Waals surface area contributed by atoms with Gasteiger partial charge in [0.05, 0.1) is 0 Å². The zero-order valence-corrected chi connectivity index (χ0v) is 6.33. The molecule has 0 bridgehead atoms. The molecule has 1 atom stereocenters. The van der Waals surface area contributed by atoms with Crippen molar-refractivity contribution in [3.8, 4) is 0 Å². The van der Waals surface area contributed by atoms with Crippen molar-refractivity contribution in [3.63, 3.8) is 0 Å². The van der Waals surface area contributed by atoms with Crippen LogP contribution >= 0.6 is 11.8 Å². The largest absolute Gasteiger partial charge is 0.230 e. The summed E-state index contributed by atoms with van der Waals surface area (Å²) in [4.78, 5) is 2.72. The molecule has 0 aromatic carbocycles. The molecule has 0 aromatic heterocycles. The molecule has 1 N–H and O–H groups in total. The summed E-state index contributed by atoms with van der Waals surface area (Å²) in [5.41, 5.74) is 0. The van der Waals surface area contributed by atoms with E-state index in [0.29, 0.717) is 6.04 Å². The Bertz CT molecular complexity index is 43.8. The highest BCUT2D eigenvalue weighted by atomic mass is 35.5. The average Bonchev–Trinajstić information content (AvgIpc) is 1.83. The van der Waals surface area contributed by atoms with Crippen LogP contribution in [-0.2, 0) is 0 Å². The van der Waals surface area contributed by atoms with Gasteiger partial charge in [-0.1, -0.05) is 20.3 Å². The van der Waals surface area contributed by atoms with Crippen LogP contribution < -0.4 is 4.84 Å². The van der Waals surface area contributed by atoms with E-state index in [2.05, 4.69) is 18.7 Å². The van der Waals surface area contributed by atoms with E-state index in [-0.39, 0.29) is 0 Å². The molecule has 8 heavy (non-hydrogen) atoms. The van der Waals surface area contributed by atoms with Crippen LogP contribution in [0.15, 0.2) is 0 Å². The average molecular weight is 136 g/mol. The fourth-order valence-corrected chi connectivity index (χ4v) is 0.948. The molecule has 0 aliphatic rings. The molecule has 2 heteroatoms. The van der Waals surface area contributed by atoms with Gasteiger partial charge >= 0.3 is 0 Å². The SMILES string of the molecule is CCCC(CC)NCl. The lowest BCUT2D eigenvalue weighted by Crippen LogP contribution is -2.18. The predicted octanol–water partition coefficient (Wildman–Crippen LogP) is 2.31. The van der Waals surface area contributed by atoms with Crippen LogP contribution in [0.3, 0.4) is 0 Å². The number of hydrogen-bond acceptors (Lipinski definition) is 1. The van der Waals surface area contributed by atoms with Crippen LogP contribution in [0.2, 0.25) is 0 Å². The molecule has 0 rings (SSSR count).